The zero-order chi connectivity index (χ0) is 26.7. The van der Waals surface area contributed by atoms with E-state index in [1.165, 1.54) is 16.4 Å². The van der Waals surface area contributed by atoms with E-state index in [4.69, 9.17) is 14.5 Å². The van der Waals surface area contributed by atoms with Crippen molar-refractivity contribution in [1.29, 1.82) is 0 Å². The van der Waals surface area contributed by atoms with Crippen molar-refractivity contribution in [2.24, 2.45) is 5.92 Å². The van der Waals surface area contributed by atoms with Crippen LogP contribution < -0.4 is 0 Å². The van der Waals surface area contributed by atoms with Crippen molar-refractivity contribution in [3.05, 3.63) is 54.2 Å². The normalized spacial score (nSPS) is 17.4. The average molecular weight is 539 g/mol. The Hall–Kier alpha value is -3.41. The van der Waals surface area contributed by atoms with Crippen LogP contribution in [0.2, 0.25) is 0 Å². The van der Waals surface area contributed by atoms with Gasteiger partial charge in [-0.3, -0.25) is 14.6 Å². The topological polar surface area (TPSA) is 119 Å². The highest BCUT2D eigenvalue weighted by molar-refractivity contribution is 7.89. The highest BCUT2D eigenvalue weighted by Gasteiger charge is 2.31. The van der Waals surface area contributed by atoms with Crippen LogP contribution in [0.25, 0.3) is 22.3 Å². The number of rotatable bonds is 6. The Morgan fingerprint density at radius 1 is 1.03 bits per heavy atom. The van der Waals surface area contributed by atoms with Crippen molar-refractivity contribution in [3.8, 4) is 11.4 Å². The van der Waals surface area contributed by atoms with Crippen LogP contribution in [0, 0.1) is 5.92 Å². The van der Waals surface area contributed by atoms with Gasteiger partial charge < -0.3 is 14.4 Å². The second kappa shape index (κ2) is 11.1. The molecule has 5 rings (SSSR count). The molecule has 10 nitrogen and oxygen atoms in total. The zero-order valence-corrected chi connectivity index (χ0v) is 22.0. The molecule has 0 aliphatic carbocycles. The quantitative estimate of drug-likeness (QED) is 0.440. The number of ether oxygens (including phenoxy) is 2. The van der Waals surface area contributed by atoms with Gasteiger partial charge in [-0.2, -0.15) is 4.31 Å². The number of benzene rings is 1. The van der Waals surface area contributed by atoms with Gasteiger partial charge in [-0.05, 0) is 56.2 Å². The van der Waals surface area contributed by atoms with E-state index in [1.54, 1.807) is 36.2 Å². The smallest absolute Gasteiger partial charge is 0.309 e. The molecule has 1 aromatic carbocycles. The van der Waals surface area contributed by atoms with Gasteiger partial charge in [0.2, 0.25) is 10.0 Å². The first kappa shape index (κ1) is 26.2. The van der Waals surface area contributed by atoms with Crippen LogP contribution >= 0.6 is 0 Å². The lowest BCUT2D eigenvalue weighted by atomic mass is 9.96. The Morgan fingerprint density at radius 2 is 1.79 bits per heavy atom. The molecular weight excluding hydrogens is 508 g/mol. The second-order valence-corrected chi connectivity index (χ2v) is 11.2. The Labute approximate surface area is 221 Å². The number of hydrogen-bond donors (Lipinski definition) is 0. The summed E-state index contributed by atoms with van der Waals surface area (Å²) in [5.41, 5.74) is 1.98. The predicted molar refractivity (Wildman–Crippen MR) is 140 cm³/mol. The lowest BCUT2D eigenvalue weighted by Gasteiger charge is -2.31. The minimum atomic E-state index is -3.77. The fourth-order valence-corrected chi connectivity index (χ4v) is 6.31. The second-order valence-electron chi connectivity index (χ2n) is 9.28. The summed E-state index contributed by atoms with van der Waals surface area (Å²) in [6.07, 6.45) is 2.68. The van der Waals surface area contributed by atoms with E-state index in [0.717, 1.165) is 0 Å². The van der Waals surface area contributed by atoms with Crippen molar-refractivity contribution in [1.82, 2.24) is 19.2 Å². The van der Waals surface area contributed by atoms with Gasteiger partial charge in [0.15, 0.2) is 0 Å². The number of morpholine rings is 1. The molecule has 0 saturated carbocycles. The lowest BCUT2D eigenvalue weighted by Crippen LogP contribution is -2.41. The molecule has 4 heterocycles. The summed E-state index contributed by atoms with van der Waals surface area (Å²) in [5, 5.41) is 0.455. The van der Waals surface area contributed by atoms with Crippen LogP contribution in [0.15, 0.2) is 53.6 Å². The monoisotopic (exact) mass is 538 g/mol. The molecule has 1 amide bonds. The average Bonchev–Trinajstić information content (AvgIpc) is 2.97. The van der Waals surface area contributed by atoms with Crippen molar-refractivity contribution >= 4 is 32.8 Å². The number of carbonyl (C=O) groups is 2. The molecular formula is C27H30N4O6S. The lowest BCUT2D eigenvalue weighted by molar-refractivity contribution is -0.149. The van der Waals surface area contributed by atoms with E-state index in [0.29, 0.717) is 73.6 Å². The molecule has 2 aliphatic heterocycles. The van der Waals surface area contributed by atoms with Crippen molar-refractivity contribution < 1.29 is 27.5 Å². The number of esters is 1. The molecule has 0 atom stereocenters. The van der Waals surface area contributed by atoms with E-state index < -0.39 is 10.0 Å². The first-order valence-electron chi connectivity index (χ1n) is 12.8. The molecule has 38 heavy (non-hydrogen) atoms. The molecule has 0 spiro atoms. The van der Waals surface area contributed by atoms with Crippen LogP contribution in [0.1, 0.15) is 30.1 Å². The van der Waals surface area contributed by atoms with Crippen LogP contribution in [0.5, 0.6) is 0 Å². The number of hydrogen-bond acceptors (Lipinski definition) is 8. The van der Waals surface area contributed by atoms with Gasteiger partial charge in [-0.1, -0.05) is 6.07 Å². The highest BCUT2D eigenvalue weighted by atomic mass is 32.2. The predicted octanol–water partition coefficient (Wildman–Crippen LogP) is 2.73. The summed E-state index contributed by atoms with van der Waals surface area (Å²) >= 11 is 0. The minimum absolute atomic E-state index is 0.106. The minimum Gasteiger partial charge on any atom is -0.466 e. The third-order valence-electron chi connectivity index (χ3n) is 6.95. The first-order valence-corrected chi connectivity index (χ1v) is 14.2. The Morgan fingerprint density at radius 3 is 2.47 bits per heavy atom. The van der Waals surface area contributed by atoms with Gasteiger partial charge in [0.25, 0.3) is 5.91 Å². The maximum absolute atomic E-state index is 13.8. The molecule has 0 radical (unpaired) electrons. The SMILES string of the molecule is CCOC(=O)C1CCN(C(=O)c2cc(-c3ccccn3)nc3ccc(S(=O)(=O)N4CCOCC4)cc23)CC1. The number of carbonyl (C=O) groups excluding carboxylic acids is 2. The Balaban J connectivity index is 1.53. The number of piperidine rings is 1. The molecule has 2 saturated heterocycles. The number of amides is 1. The van der Waals surface area contributed by atoms with Gasteiger partial charge in [0.1, 0.15) is 0 Å². The molecule has 11 heteroatoms. The highest BCUT2D eigenvalue weighted by Crippen LogP contribution is 2.30. The molecule has 2 aromatic heterocycles. The van der Waals surface area contributed by atoms with Crippen molar-refractivity contribution in [2.75, 3.05) is 46.0 Å². The third kappa shape index (κ3) is 5.27. The molecule has 3 aromatic rings. The first-order chi connectivity index (χ1) is 18.4. The fraction of sp³-hybridized carbons (Fsp3) is 0.407. The number of nitrogens with zero attached hydrogens (tertiary/aromatic N) is 4. The van der Waals surface area contributed by atoms with E-state index >= 15 is 0 Å². The molecule has 0 unspecified atom stereocenters. The van der Waals surface area contributed by atoms with Gasteiger partial charge >= 0.3 is 5.97 Å². The molecule has 200 valence electrons. The van der Waals surface area contributed by atoms with E-state index in [1.807, 2.05) is 12.1 Å². The largest absolute Gasteiger partial charge is 0.466 e. The number of pyridine rings is 2. The van der Waals surface area contributed by atoms with Crippen LogP contribution in [0.4, 0.5) is 0 Å². The van der Waals surface area contributed by atoms with Gasteiger partial charge in [-0.15, -0.1) is 0 Å². The fourth-order valence-electron chi connectivity index (χ4n) is 4.87. The standard InChI is InChI=1S/C27H30N4O6S/c1-2-37-27(33)19-8-11-30(12-9-19)26(32)22-18-25(24-5-3-4-10-28-24)29-23-7-6-20(17-21(22)23)38(34,35)31-13-15-36-16-14-31/h3-7,10,17-19H,2,8-9,11-16H2,1H3. The number of aromatic nitrogens is 2. The summed E-state index contributed by atoms with van der Waals surface area (Å²) in [7, 11) is -3.77. The van der Waals surface area contributed by atoms with E-state index in [9.17, 15) is 18.0 Å². The van der Waals surface area contributed by atoms with E-state index in [-0.39, 0.29) is 35.8 Å². The number of fused-ring (bicyclic) bond motifs is 1. The van der Waals surface area contributed by atoms with Crippen molar-refractivity contribution in [2.45, 2.75) is 24.7 Å². The molecule has 0 bridgehead atoms. The van der Waals surface area contributed by atoms with Crippen LogP contribution in [-0.4, -0.2) is 85.5 Å². The van der Waals surface area contributed by atoms with Gasteiger partial charge in [0.05, 0.1) is 53.1 Å². The summed E-state index contributed by atoms with van der Waals surface area (Å²) in [6, 6.07) is 11.8. The zero-order valence-electron chi connectivity index (χ0n) is 21.2. The molecule has 0 N–H and O–H groups in total. The molecule has 2 fully saturated rings. The summed E-state index contributed by atoms with van der Waals surface area (Å²) in [4.78, 5) is 36.9. The van der Waals surface area contributed by atoms with Gasteiger partial charge in [0, 0.05) is 37.8 Å². The van der Waals surface area contributed by atoms with E-state index in [2.05, 4.69) is 4.98 Å². The molecule has 2 aliphatic rings. The maximum Gasteiger partial charge on any atom is 0.309 e. The third-order valence-corrected chi connectivity index (χ3v) is 8.84. The summed E-state index contributed by atoms with van der Waals surface area (Å²) in [5.74, 6) is -0.704. The van der Waals surface area contributed by atoms with Crippen LogP contribution in [0.3, 0.4) is 0 Å². The van der Waals surface area contributed by atoms with Crippen molar-refractivity contribution in [3.63, 3.8) is 0 Å². The van der Waals surface area contributed by atoms with Crippen LogP contribution in [-0.2, 0) is 24.3 Å². The summed E-state index contributed by atoms with van der Waals surface area (Å²) in [6.45, 7) is 4.13. The Bertz CT molecular complexity index is 1430. The Kier molecular flexibility index (Phi) is 7.68. The van der Waals surface area contributed by atoms with Gasteiger partial charge in [-0.25, -0.2) is 13.4 Å². The summed E-state index contributed by atoms with van der Waals surface area (Å²) < 4.78 is 38.6. The number of sulfonamides is 1. The number of likely N-dealkylation sites (tertiary alicyclic amines) is 1. The maximum atomic E-state index is 13.8.